The van der Waals surface area contributed by atoms with E-state index >= 15 is 0 Å². The van der Waals surface area contributed by atoms with Crippen molar-refractivity contribution in [2.45, 2.75) is 30.9 Å². The Morgan fingerprint density at radius 2 is 1.93 bits per heavy atom. The number of nitrogens with zero attached hydrogens (tertiary/aromatic N) is 2. The lowest BCUT2D eigenvalue weighted by Gasteiger charge is -2.00. The van der Waals surface area contributed by atoms with E-state index in [1.54, 1.807) is 18.2 Å². The van der Waals surface area contributed by atoms with Crippen molar-refractivity contribution in [3.05, 3.63) is 70.2 Å². The van der Waals surface area contributed by atoms with Crippen LogP contribution in [0, 0.1) is 26.6 Å². The van der Waals surface area contributed by atoms with Crippen LogP contribution in [0.1, 0.15) is 32.8 Å². The van der Waals surface area contributed by atoms with Crippen LogP contribution in [0.3, 0.4) is 0 Å². The minimum Gasteiger partial charge on any atom is -0.451 e. The van der Waals surface area contributed by atoms with E-state index in [1.807, 2.05) is 32.9 Å². The second-order valence-corrected chi connectivity index (χ2v) is 8.90. The maximum absolute atomic E-state index is 13.7. The summed E-state index contributed by atoms with van der Waals surface area (Å²) >= 11 is 2.62. The highest BCUT2D eigenvalue weighted by atomic mass is 32.2. The molecule has 148 valence electrons. The van der Waals surface area contributed by atoms with E-state index in [0.717, 1.165) is 22.1 Å². The van der Waals surface area contributed by atoms with Gasteiger partial charge in [-0.2, -0.15) is 0 Å². The van der Waals surface area contributed by atoms with Gasteiger partial charge in [0.05, 0.1) is 0 Å². The summed E-state index contributed by atoms with van der Waals surface area (Å²) in [6, 6.07) is 10.6. The lowest BCUT2D eigenvalue weighted by atomic mass is 10.1. The van der Waals surface area contributed by atoms with Crippen molar-refractivity contribution >= 4 is 45.1 Å². The zero-order valence-corrected chi connectivity index (χ0v) is 17.7. The van der Waals surface area contributed by atoms with E-state index in [9.17, 15) is 9.18 Å². The molecule has 1 N–H and O–H groups in total. The van der Waals surface area contributed by atoms with Gasteiger partial charge in [0.1, 0.15) is 11.4 Å². The van der Waals surface area contributed by atoms with Crippen LogP contribution >= 0.6 is 23.1 Å². The molecule has 8 heteroatoms. The molecule has 4 rings (SSSR count). The van der Waals surface area contributed by atoms with Crippen molar-refractivity contribution in [2.24, 2.45) is 0 Å². The number of fused-ring (bicyclic) bond motifs is 1. The van der Waals surface area contributed by atoms with E-state index in [-0.39, 0.29) is 17.5 Å². The van der Waals surface area contributed by atoms with Gasteiger partial charge in [0.2, 0.25) is 5.13 Å². The summed E-state index contributed by atoms with van der Waals surface area (Å²) in [4.78, 5) is 12.7. The van der Waals surface area contributed by atoms with Gasteiger partial charge in [-0.3, -0.25) is 10.1 Å². The third-order valence-electron chi connectivity index (χ3n) is 4.69. The van der Waals surface area contributed by atoms with E-state index in [1.165, 1.54) is 29.2 Å². The van der Waals surface area contributed by atoms with Gasteiger partial charge in [0.25, 0.3) is 5.91 Å². The van der Waals surface area contributed by atoms with Gasteiger partial charge < -0.3 is 4.42 Å². The summed E-state index contributed by atoms with van der Waals surface area (Å²) in [5.41, 5.74) is 4.34. The minimum absolute atomic E-state index is 0.246. The van der Waals surface area contributed by atoms with Gasteiger partial charge in [-0.1, -0.05) is 41.3 Å². The van der Waals surface area contributed by atoms with Crippen LogP contribution in [0.15, 0.2) is 45.2 Å². The predicted molar refractivity (Wildman–Crippen MR) is 114 cm³/mol. The van der Waals surface area contributed by atoms with Crippen LogP contribution in [-0.2, 0) is 5.75 Å². The molecule has 0 bridgehead atoms. The number of halogens is 1. The molecule has 1 amide bonds. The molecular weight excluding hydrogens is 409 g/mol. The highest BCUT2D eigenvalue weighted by molar-refractivity contribution is 8.00. The average Bonchev–Trinajstić information content (AvgIpc) is 3.26. The van der Waals surface area contributed by atoms with Crippen LogP contribution in [0.2, 0.25) is 0 Å². The SMILES string of the molecule is Cc1cc2oc(C(=O)Nc3nnc(SCc4ccccc4F)s3)c(C)c2cc1C. The highest BCUT2D eigenvalue weighted by Gasteiger charge is 2.20. The van der Waals surface area contributed by atoms with Gasteiger partial charge in [0.15, 0.2) is 10.1 Å². The summed E-state index contributed by atoms with van der Waals surface area (Å²) in [5, 5.41) is 12.1. The molecule has 0 aliphatic rings. The number of carbonyl (C=O) groups excluding carboxylic acids is 1. The monoisotopic (exact) mass is 427 g/mol. The Hall–Kier alpha value is -2.71. The van der Waals surface area contributed by atoms with Crippen LogP contribution < -0.4 is 5.32 Å². The summed E-state index contributed by atoms with van der Waals surface area (Å²) in [7, 11) is 0. The zero-order chi connectivity index (χ0) is 20.5. The predicted octanol–water partition coefficient (Wildman–Crippen LogP) is 5.89. The number of benzene rings is 2. The third kappa shape index (κ3) is 4.04. The maximum Gasteiger partial charge on any atom is 0.293 e. The Bertz CT molecular complexity index is 1220. The fraction of sp³-hybridized carbons (Fsp3) is 0.190. The maximum atomic E-state index is 13.7. The number of anilines is 1. The van der Waals surface area contributed by atoms with Crippen molar-refractivity contribution in [3.8, 4) is 0 Å². The Morgan fingerprint density at radius 1 is 1.17 bits per heavy atom. The van der Waals surface area contributed by atoms with Gasteiger partial charge in [-0.05, 0) is 55.7 Å². The Balaban J connectivity index is 1.47. The molecule has 0 aliphatic carbocycles. The number of thioether (sulfide) groups is 1. The number of hydrogen-bond donors (Lipinski definition) is 1. The van der Waals surface area contributed by atoms with Crippen molar-refractivity contribution < 1.29 is 13.6 Å². The standard InChI is InChI=1S/C21H18FN3O2S2/c1-11-8-15-13(3)18(27-17(15)9-12(11)2)19(26)23-20-24-25-21(29-20)28-10-14-6-4-5-7-16(14)22/h4-9H,10H2,1-3H3,(H,23,24,26). The van der Waals surface area contributed by atoms with Crippen LogP contribution in [-0.4, -0.2) is 16.1 Å². The summed E-state index contributed by atoms with van der Waals surface area (Å²) in [6.07, 6.45) is 0. The zero-order valence-electron chi connectivity index (χ0n) is 16.1. The molecule has 29 heavy (non-hydrogen) atoms. The van der Waals surface area contributed by atoms with Crippen molar-refractivity contribution in [1.29, 1.82) is 0 Å². The number of carbonyl (C=O) groups is 1. The lowest BCUT2D eigenvalue weighted by Crippen LogP contribution is -2.11. The van der Waals surface area contributed by atoms with Gasteiger partial charge in [-0.15, -0.1) is 10.2 Å². The Morgan fingerprint density at radius 3 is 2.72 bits per heavy atom. The molecule has 4 aromatic rings. The average molecular weight is 428 g/mol. The van der Waals surface area contributed by atoms with E-state index < -0.39 is 0 Å². The number of aryl methyl sites for hydroxylation is 3. The Labute approximate surface area is 175 Å². The molecule has 5 nitrogen and oxygen atoms in total. The quantitative estimate of drug-likeness (QED) is 0.318. The number of amides is 1. The summed E-state index contributed by atoms with van der Waals surface area (Å²) in [6.45, 7) is 5.90. The van der Waals surface area contributed by atoms with Gasteiger partial charge >= 0.3 is 0 Å². The van der Waals surface area contributed by atoms with E-state index in [0.29, 0.717) is 26.4 Å². The second-order valence-electron chi connectivity index (χ2n) is 6.70. The molecule has 0 fully saturated rings. The van der Waals surface area contributed by atoms with Crippen LogP contribution in [0.4, 0.5) is 9.52 Å². The fourth-order valence-corrected chi connectivity index (χ4v) is 4.65. The van der Waals surface area contributed by atoms with Crippen molar-refractivity contribution in [1.82, 2.24) is 10.2 Å². The molecule has 0 radical (unpaired) electrons. The largest absolute Gasteiger partial charge is 0.451 e. The molecule has 0 atom stereocenters. The minimum atomic E-state index is -0.365. The van der Waals surface area contributed by atoms with Crippen LogP contribution in [0.25, 0.3) is 11.0 Å². The summed E-state index contributed by atoms with van der Waals surface area (Å²) < 4.78 is 20.2. The molecule has 2 heterocycles. The topological polar surface area (TPSA) is 68.0 Å². The highest BCUT2D eigenvalue weighted by Crippen LogP contribution is 2.31. The van der Waals surface area contributed by atoms with Crippen LogP contribution in [0.5, 0.6) is 0 Å². The fourth-order valence-electron chi connectivity index (χ4n) is 2.92. The number of aromatic nitrogens is 2. The summed E-state index contributed by atoms with van der Waals surface area (Å²) in [5.74, 6) is 0.0943. The molecule has 0 unspecified atom stereocenters. The lowest BCUT2D eigenvalue weighted by molar-refractivity contribution is 0.0998. The smallest absolute Gasteiger partial charge is 0.293 e. The van der Waals surface area contributed by atoms with Gasteiger partial charge in [0, 0.05) is 16.7 Å². The molecule has 0 aliphatic heterocycles. The van der Waals surface area contributed by atoms with Gasteiger partial charge in [-0.25, -0.2) is 4.39 Å². The number of rotatable bonds is 5. The van der Waals surface area contributed by atoms with E-state index in [2.05, 4.69) is 15.5 Å². The Kier molecular flexibility index (Phi) is 5.38. The first-order valence-corrected chi connectivity index (χ1v) is 10.7. The van der Waals surface area contributed by atoms with E-state index in [4.69, 9.17) is 4.42 Å². The molecule has 2 aromatic heterocycles. The van der Waals surface area contributed by atoms with Crippen molar-refractivity contribution in [3.63, 3.8) is 0 Å². The molecule has 0 spiro atoms. The van der Waals surface area contributed by atoms with Crippen molar-refractivity contribution in [2.75, 3.05) is 5.32 Å². The first-order valence-electron chi connectivity index (χ1n) is 8.94. The first-order chi connectivity index (χ1) is 13.9. The number of furan rings is 1. The third-order valence-corrected chi connectivity index (χ3v) is 6.72. The molecule has 0 saturated carbocycles. The first kappa shape index (κ1) is 19.6. The molecule has 0 saturated heterocycles. The molecule has 2 aromatic carbocycles. The number of nitrogens with one attached hydrogen (secondary N) is 1. The number of hydrogen-bond acceptors (Lipinski definition) is 6. The second kappa shape index (κ2) is 7.96. The normalized spacial score (nSPS) is 11.2. The molecular formula is C21H18FN3O2S2.